The van der Waals surface area contributed by atoms with Crippen molar-refractivity contribution in [2.24, 2.45) is 0 Å². The highest BCUT2D eigenvalue weighted by Crippen LogP contribution is 2.10. The van der Waals surface area contributed by atoms with E-state index in [1.807, 2.05) is 0 Å². The maximum atomic E-state index is 9.09. The van der Waals surface area contributed by atoms with Crippen LogP contribution >= 0.6 is 0 Å². The van der Waals surface area contributed by atoms with Crippen LogP contribution in [0.4, 0.5) is 0 Å². The molecule has 0 aromatic rings. The van der Waals surface area contributed by atoms with Gasteiger partial charge in [-0.15, -0.1) is 0 Å². The van der Waals surface area contributed by atoms with Crippen LogP contribution < -0.4 is 0 Å². The van der Waals surface area contributed by atoms with Gasteiger partial charge in [-0.05, 0) is 13.3 Å². The lowest BCUT2D eigenvalue weighted by Crippen LogP contribution is -2.42. The highest BCUT2D eigenvalue weighted by Gasteiger charge is 2.27. The van der Waals surface area contributed by atoms with Crippen LogP contribution in [-0.2, 0) is 0 Å². The molecule has 0 radical (unpaired) electrons. The van der Waals surface area contributed by atoms with Gasteiger partial charge in [0.25, 0.3) is 0 Å². The average molecular weight is 134 g/mol. The molecule has 0 aromatic carbocycles. The second-order valence-electron chi connectivity index (χ2n) is 2.44. The van der Waals surface area contributed by atoms with Crippen LogP contribution in [0.2, 0.25) is 0 Å². The minimum atomic E-state index is -1.34. The Bertz CT molecular complexity index is 80.4. The summed E-state index contributed by atoms with van der Waals surface area (Å²) in [6, 6.07) is 0. The Morgan fingerprint density at radius 2 is 2.00 bits per heavy atom. The van der Waals surface area contributed by atoms with Gasteiger partial charge in [0.2, 0.25) is 0 Å². The Hall–Kier alpha value is -0.120. The average Bonchev–Trinajstić information content (AvgIpc) is 1.86. The van der Waals surface area contributed by atoms with Crippen LogP contribution in [0, 0.1) is 0 Å². The summed E-state index contributed by atoms with van der Waals surface area (Å²) < 4.78 is 0. The van der Waals surface area contributed by atoms with Gasteiger partial charge in [0.05, 0.1) is 12.7 Å². The highest BCUT2D eigenvalue weighted by atomic mass is 16.4. The third-order valence-electron chi connectivity index (χ3n) is 1.42. The molecule has 0 spiro atoms. The van der Waals surface area contributed by atoms with Crippen LogP contribution in [0.25, 0.3) is 0 Å². The Morgan fingerprint density at radius 3 is 2.11 bits per heavy atom. The molecule has 0 aliphatic rings. The lowest BCUT2D eigenvalue weighted by Gasteiger charge is -2.25. The SMILES string of the molecule is CC[C@@H](O)C(C)(O)CO. The Labute approximate surface area is 54.9 Å². The van der Waals surface area contributed by atoms with E-state index >= 15 is 0 Å². The van der Waals surface area contributed by atoms with Crippen molar-refractivity contribution in [1.82, 2.24) is 0 Å². The Morgan fingerprint density at radius 1 is 1.56 bits per heavy atom. The smallest absolute Gasteiger partial charge is 0.111 e. The molecular formula is C6H14O3. The summed E-state index contributed by atoms with van der Waals surface area (Å²) in [4.78, 5) is 0. The number of rotatable bonds is 3. The van der Waals surface area contributed by atoms with Crippen LogP contribution in [0.15, 0.2) is 0 Å². The predicted molar refractivity (Wildman–Crippen MR) is 34.0 cm³/mol. The van der Waals surface area contributed by atoms with E-state index in [4.69, 9.17) is 15.3 Å². The molecule has 3 N–H and O–H groups in total. The molecule has 3 heteroatoms. The molecule has 0 aromatic heterocycles. The van der Waals surface area contributed by atoms with Crippen molar-refractivity contribution in [3.63, 3.8) is 0 Å². The van der Waals surface area contributed by atoms with E-state index in [1.54, 1.807) is 6.92 Å². The van der Waals surface area contributed by atoms with Gasteiger partial charge in [0.1, 0.15) is 5.60 Å². The van der Waals surface area contributed by atoms with Crippen molar-refractivity contribution in [2.75, 3.05) is 6.61 Å². The first kappa shape index (κ1) is 8.88. The summed E-state index contributed by atoms with van der Waals surface area (Å²) in [5, 5.41) is 26.6. The van der Waals surface area contributed by atoms with Crippen molar-refractivity contribution in [3.8, 4) is 0 Å². The fraction of sp³-hybridized carbons (Fsp3) is 1.00. The van der Waals surface area contributed by atoms with E-state index < -0.39 is 18.3 Å². The number of hydrogen-bond acceptors (Lipinski definition) is 3. The van der Waals surface area contributed by atoms with Crippen LogP contribution in [-0.4, -0.2) is 33.6 Å². The van der Waals surface area contributed by atoms with Gasteiger partial charge >= 0.3 is 0 Å². The Balaban J connectivity index is 3.80. The van der Waals surface area contributed by atoms with E-state index in [0.717, 1.165) is 0 Å². The summed E-state index contributed by atoms with van der Waals surface area (Å²) in [6.45, 7) is 2.75. The molecule has 0 aliphatic carbocycles. The number of aliphatic hydroxyl groups is 3. The molecule has 0 bridgehead atoms. The zero-order chi connectivity index (χ0) is 7.49. The molecule has 9 heavy (non-hydrogen) atoms. The predicted octanol–water partition coefficient (Wildman–Crippen LogP) is -0.499. The third-order valence-corrected chi connectivity index (χ3v) is 1.42. The molecule has 0 amide bonds. The lowest BCUT2D eigenvalue weighted by molar-refractivity contribution is -0.0927. The van der Waals surface area contributed by atoms with Crippen LogP contribution in [0.1, 0.15) is 20.3 Å². The molecule has 0 saturated carbocycles. The zero-order valence-corrected chi connectivity index (χ0v) is 5.83. The van der Waals surface area contributed by atoms with Gasteiger partial charge in [0, 0.05) is 0 Å². The standard InChI is InChI=1S/C6H14O3/c1-3-5(8)6(2,9)4-7/h5,7-9H,3-4H2,1-2H3/t5-,6?/m1/s1. The molecule has 3 nitrogen and oxygen atoms in total. The minimum Gasteiger partial charge on any atom is -0.393 e. The van der Waals surface area contributed by atoms with Crippen molar-refractivity contribution in [3.05, 3.63) is 0 Å². The molecule has 0 fully saturated rings. The minimum absolute atomic E-state index is 0.401. The second-order valence-corrected chi connectivity index (χ2v) is 2.44. The molecule has 2 atom stereocenters. The molecule has 0 saturated heterocycles. The van der Waals surface area contributed by atoms with Gasteiger partial charge in [-0.1, -0.05) is 6.92 Å². The van der Waals surface area contributed by atoms with E-state index in [-0.39, 0.29) is 0 Å². The first-order chi connectivity index (χ1) is 4.04. The van der Waals surface area contributed by atoms with Crippen molar-refractivity contribution in [2.45, 2.75) is 32.0 Å². The van der Waals surface area contributed by atoms with Crippen LogP contribution in [0.5, 0.6) is 0 Å². The topological polar surface area (TPSA) is 60.7 Å². The first-order valence-corrected chi connectivity index (χ1v) is 3.06. The molecule has 0 rings (SSSR count). The molecule has 0 aliphatic heterocycles. The summed E-state index contributed by atoms with van der Waals surface area (Å²) in [5.41, 5.74) is -1.34. The largest absolute Gasteiger partial charge is 0.393 e. The third kappa shape index (κ3) is 2.30. The molecule has 56 valence electrons. The fourth-order valence-corrected chi connectivity index (χ4v) is 0.545. The summed E-state index contributed by atoms with van der Waals surface area (Å²) in [5.74, 6) is 0. The monoisotopic (exact) mass is 134 g/mol. The molecular weight excluding hydrogens is 120 g/mol. The second kappa shape index (κ2) is 3.15. The van der Waals surface area contributed by atoms with Crippen LogP contribution in [0.3, 0.4) is 0 Å². The maximum absolute atomic E-state index is 9.09. The number of hydrogen-bond donors (Lipinski definition) is 3. The van der Waals surface area contributed by atoms with Crippen molar-refractivity contribution in [1.29, 1.82) is 0 Å². The molecule has 1 unspecified atom stereocenters. The van der Waals surface area contributed by atoms with Gasteiger partial charge in [-0.3, -0.25) is 0 Å². The van der Waals surface area contributed by atoms with E-state index in [1.165, 1.54) is 6.92 Å². The van der Waals surface area contributed by atoms with Gasteiger partial charge < -0.3 is 15.3 Å². The highest BCUT2D eigenvalue weighted by molar-refractivity contribution is 4.79. The Kier molecular flexibility index (Phi) is 3.11. The van der Waals surface area contributed by atoms with Gasteiger partial charge in [0.15, 0.2) is 0 Å². The van der Waals surface area contributed by atoms with Crippen molar-refractivity contribution >= 4 is 0 Å². The van der Waals surface area contributed by atoms with Gasteiger partial charge in [-0.2, -0.15) is 0 Å². The normalized spacial score (nSPS) is 21.0. The maximum Gasteiger partial charge on any atom is 0.111 e. The number of aliphatic hydroxyl groups excluding tert-OH is 2. The lowest BCUT2D eigenvalue weighted by atomic mass is 9.99. The van der Waals surface area contributed by atoms with Gasteiger partial charge in [-0.25, -0.2) is 0 Å². The fourth-order valence-electron chi connectivity index (χ4n) is 0.545. The zero-order valence-electron chi connectivity index (χ0n) is 5.83. The summed E-state index contributed by atoms with van der Waals surface area (Å²) in [6.07, 6.45) is -0.379. The quantitative estimate of drug-likeness (QED) is 0.487. The van der Waals surface area contributed by atoms with E-state index in [2.05, 4.69) is 0 Å². The van der Waals surface area contributed by atoms with Crippen molar-refractivity contribution < 1.29 is 15.3 Å². The first-order valence-electron chi connectivity index (χ1n) is 3.06. The van der Waals surface area contributed by atoms with E-state index in [0.29, 0.717) is 6.42 Å². The van der Waals surface area contributed by atoms with E-state index in [9.17, 15) is 0 Å². The summed E-state index contributed by atoms with van der Waals surface area (Å²) in [7, 11) is 0. The summed E-state index contributed by atoms with van der Waals surface area (Å²) >= 11 is 0. The molecule has 0 heterocycles.